The third kappa shape index (κ3) is 3.32. The predicted molar refractivity (Wildman–Crippen MR) is 82.5 cm³/mol. The summed E-state index contributed by atoms with van der Waals surface area (Å²) in [6.45, 7) is 10.7. The number of benzene rings is 1. The number of pyridine rings is 1. The van der Waals surface area contributed by atoms with Gasteiger partial charge in [-0.1, -0.05) is 19.9 Å². The molecule has 2 nitrogen and oxygen atoms in total. The zero-order valence-corrected chi connectivity index (χ0v) is 12.6. The van der Waals surface area contributed by atoms with Crippen molar-refractivity contribution >= 4 is 10.9 Å². The molecule has 1 aromatic carbocycles. The average molecular weight is 256 g/mol. The maximum Gasteiger partial charge on any atom is 0.0708 e. The second-order valence-corrected chi connectivity index (χ2v) is 6.53. The molecule has 1 heterocycles. The van der Waals surface area contributed by atoms with E-state index < -0.39 is 0 Å². The first-order valence-electron chi connectivity index (χ1n) is 6.95. The van der Waals surface area contributed by atoms with E-state index in [-0.39, 0.29) is 5.54 Å². The third-order valence-corrected chi connectivity index (χ3v) is 3.40. The molecule has 0 radical (unpaired) electrons. The van der Waals surface area contributed by atoms with Crippen LogP contribution in [0.4, 0.5) is 0 Å². The molecule has 0 fully saturated rings. The Morgan fingerprint density at radius 2 is 1.89 bits per heavy atom. The molecule has 0 atom stereocenters. The van der Waals surface area contributed by atoms with Gasteiger partial charge in [-0.25, -0.2) is 0 Å². The lowest BCUT2D eigenvalue weighted by Gasteiger charge is -2.18. The van der Waals surface area contributed by atoms with Crippen LogP contribution in [0.25, 0.3) is 10.9 Å². The fraction of sp³-hybridized carbons (Fsp3) is 0.471. The molecule has 102 valence electrons. The van der Waals surface area contributed by atoms with Crippen molar-refractivity contribution in [1.82, 2.24) is 4.98 Å². The zero-order valence-electron chi connectivity index (χ0n) is 12.6. The van der Waals surface area contributed by atoms with Gasteiger partial charge in [0.25, 0.3) is 0 Å². The number of nitrogens with zero attached hydrogens (tertiary/aromatic N) is 1. The number of rotatable bonds is 3. The molecule has 0 unspecified atom stereocenters. The first-order chi connectivity index (χ1) is 8.76. The van der Waals surface area contributed by atoms with E-state index in [1.807, 2.05) is 13.8 Å². The predicted octanol–water partition coefficient (Wildman–Crippen LogP) is 3.95. The van der Waals surface area contributed by atoms with E-state index in [4.69, 9.17) is 10.7 Å². The Kier molecular flexibility index (Phi) is 3.64. The highest BCUT2D eigenvalue weighted by molar-refractivity contribution is 5.83. The summed E-state index contributed by atoms with van der Waals surface area (Å²) in [4.78, 5) is 4.74. The molecule has 0 saturated heterocycles. The van der Waals surface area contributed by atoms with Gasteiger partial charge < -0.3 is 5.73 Å². The highest BCUT2D eigenvalue weighted by atomic mass is 14.8. The minimum absolute atomic E-state index is 0.217. The number of aromatic nitrogens is 1. The molecule has 0 spiro atoms. The van der Waals surface area contributed by atoms with Crippen LogP contribution in [0.5, 0.6) is 0 Å². The van der Waals surface area contributed by atoms with Crippen LogP contribution in [0.1, 0.15) is 50.4 Å². The molecular formula is C17H24N2. The monoisotopic (exact) mass is 256 g/mol. The first-order valence-corrected chi connectivity index (χ1v) is 6.95. The Labute approximate surface area is 116 Å². The Hall–Kier alpha value is -1.41. The van der Waals surface area contributed by atoms with Crippen LogP contribution in [0, 0.1) is 6.92 Å². The van der Waals surface area contributed by atoms with Crippen molar-refractivity contribution in [3.63, 3.8) is 0 Å². The molecule has 0 aliphatic rings. The normalized spacial score (nSPS) is 12.4. The van der Waals surface area contributed by atoms with Gasteiger partial charge in [-0.15, -0.1) is 0 Å². The van der Waals surface area contributed by atoms with Crippen LogP contribution in [0.15, 0.2) is 24.3 Å². The van der Waals surface area contributed by atoms with Crippen LogP contribution >= 0.6 is 0 Å². The number of aryl methyl sites for hydroxylation is 1. The van der Waals surface area contributed by atoms with Gasteiger partial charge >= 0.3 is 0 Å². The fourth-order valence-corrected chi connectivity index (χ4v) is 2.40. The lowest BCUT2D eigenvalue weighted by Crippen LogP contribution is -2.34. The Morgan fingerprint density at radius 1 is 1.21 bits per heavy atom. The molecule has 2 heteroatoms. The summed E-state index contributed by atoms with van der Waals surface area (Å²) in [5.41, 5.74) is 10.7. The zero-order chi connectivity index (χ0) is 14.2. The van der Waals surface area contributed by atoms with Crippen molar-refractivity contribution in [3.8, 4) is 0 Å². The highest BCUT2D eigenvalue weighted by Gasteiger charge is 2.14. The van der Waals surface area contributed by atoms with E-state index in [2.05, 4.69) is 45.0 Å². The molecule has 0 saturated carbocycles. The van der Waals surface area contributed by atoms with E-state index in [9.17, 15) is 0 Å². The number of fused-ring (bicyclic) bond motifs is 1. The molecule has 0 amide bonds. The van der Waals surface area contributed by atoms with Gasteiger partial charge in [-0.2, -0.15) is 0 Å². The quantitative estimate of drug-likeness (QED) is 0.903. The average Bonchev–Trinajstić information content (AvgIpc) is 2.26. The lowest BCUT2D eigenvalue weighted by atomic mass is 9.96. The summed E-state index contributed by atoms with van der Waals surface area (Å²) in [5, 5.41) is 1.25. The summed E-state index contributed by atoms with van der Waals surface area (Å²) in [6.07, 6.45) is 0.801. The third-order valence-electron chi connectivity index (χ3n) is 3.40. The van der Waals surface area contributed by atoms with Gasteiger partial charge in [0.2, 0.25) is 0 Å². The molecule has 0 aliphatic heterocycles. The van der Waals surface area contributed by atoms with E-state index >= 15 is 0 Å². The minimum atomic E-state index is -0.217. The van der Waals surface area contributed by atoms with Crippen LogP contribution in [-0.2, 0) is 6.42 Å². The van der Waals surface area contributed by atoms with Crippen molar-refractivity contribution in [2.24, 2.45) is 5.73 Å². The Balaban J connectivity index is 2.50. The number of hydrogen-bond acceptors (Lipinski definition) is 2. The second kappa shape index (κ2) is 4.93. The summed E-state index contributed by atoms with van der Waals surface area (Å²) in [6, 6.07) is 8.74. The van der Waals surface area contributed by atoms with Crippen LogP contribution in [0.2, 0.25) is 0 Å². The van der Waals surface area contributed by atoms with E-state index in [1.165, 1.54) is 16.5 Å². The highest BCUT2D eigenvalue weighted by Crippen LogP contribution is 2.24. The van der Waals surface area contributed by atoms with E-state index in [0.717, 1.165) is 17.6 Å². The largest absolute Gasteiger partial charge is 0.325 e. The van der Waals surface area contributed by atoms with Gasteiger partial charge in [0, 0.05) is 23.0 Å². The summed E-state index contributed by atoms with van der Waals surface area (Å²) < 4.78 is 0. The minimum Gasteiger partial charge on any atom is -0.325 e. The van der Waals surface area contributed by atoms with Crippen LogP contribution in [0.3, 0.4) is 0 Å². The summed E-state index contributed by atoms with van der Waals surface area (Å²) in [7, 11) is 0. The van der Waals surface area contributed by atoms with E-state index in [0.29, 0.717) is 5.92 Å². The van der Waals surface area contributed by atoms with Crippen molar-refractivity contribution in [3.05, 3.63) is 41.1 Å². The smallest absolute Gasteiger partial charge is 0.0708 e. The molecule has 0 aliphatic carbocycles. The van der Waals surface area contributed by atoms with Gasteiger partial charge in [-0.3, -0.25) is 4.98 Å². The van der Waals surface area contributed by atoms with Crippen LogP contribution in [-0.4, -0.2) is 10.5 Å². The molecule has 2 N–H and O–H groups in total. The van der Waals surface area contributed by atoms with Gasteiger partial charge in [0.05, 0.1) is 5.52 Å². The maximum atomic E-state index is 6.09. The molecule has 2 aromatic rings. The number of hydrogen-bond donors (Lipinski definition) is 1. The molecule has 19 heavy (non-hydrogen) atoms. The van der Waals surface area contributed by atoms with Crippen molar-refractivity contribution in [1.29, 1.82) is 0 Å². The van der Waals surface area contributed by atoms with E-state index in [1.54, 1.807) is 0 Å². The van der Waals surface area contributed by atoms with Crippen LogP contribution < -0.4 is 5.73 Å². The molecule has 1 aromatic heterocycles. The first kappa shape index (κ1) is 14.0. The Bertz CT molecular complexity index is 592. The number of nitrogens with two attached hydrogens (primary N) is 1. The van der Waals surface area contributed by atoms with Gasteiger partial charge in [-0.05, 0) is 56.0 Å². The molecule has 2 rings (SSSR count). The van der Waals surface area contributed by atoms with Crippen molar-refractivity contribution < 1.29 is 0 Å². The summed E-state index contributed by atoms with van der Waals surface area (Å²) >= 11 is 0. The van der Waals surface area contributed by atoms with Crippen molar-refractivity contribution in [2.45, 2.75) is 52.5 Å². The van der Waals surface area contributed by atoms with Gasteiger partial charge in [0.1, 0.15) is 0 Å². The Morgan fingerprint density at radius 3 is 2.47 bits per heavy atom. The maximum absolute atomic E-state index is 6.09. The fourth-order valence-electron chi connectivity index (χ4n) is 2.40. The standard InChI is InChI=1S/C17H24N2/c1-11(2)13-6-7-16-15(9-13)12(3)8-14(19-16)10-17(4,5)18/h6-9,11H,10,18H2,1-5H3. The topological polar surface area (TPSA) is 38.9 Å². The van der Waals surface area contributed by atoms with Gasteiger partial charge in [0.15, 0.2) is 0 Å². The lowest BCUT2D eigenvalue weighted by molar-refractivity contribution is 0.511. The molecule has 0 bridgehead atoms. The second-order valence-electron chi connectivity index (χ2n) is 6.53. The molecular weight excluding hydrogens is 232 g/mol. The SMILES string of the molecule is Cc1cc(CC(C)(C)N)nc2ccc(C(C)C)cc12. The van der Waals surface area contributed by atoms with Crippen molar-refractivity contribution in [2.75, 3.05) is 0 Å². The summed E-state index contributed by atoms with van der Waals surface area (Å²) in [5.74, 6) is 0.548.